The van der Waals surface area contributed by atoms with Crippen LogP contribution in [0.5, 0.6) is 0 Å². The molecular weight excluding hydrogens is 464 g/mol. The standard InChI is InChI=1S/C24H30N8O4/c1-25-18-12-20(27-16-7-4-9-31(24(16)36)14-5-3-6-15(33)11-14)29-32-19(13-26-21(18)32)22(34)28-17-8-10-30(2)23(17)35/h4,7,9,12-15,17,25,33H,3,5-6,8,10-11H2,1-2H3,(H,27,29)(H,28,34)/t14?,15?,17-/m1/s1. The van der Waals surface area contributed by atoms with E-state index in [9.17, 15) is 19.5 Å². The molecule has 0 spiro atoms. The highest BCUT2D eigenvalue weighted by molar-refractivity contribution is 5.97. The molecule has 2 aliphatic rings. The summed E-state index contributed by atoms with van der Waals surface area (Å²) in [6.07, 6.45) is 6.30. The summed E-state index contributed by atoms with van der Waals surface area (Å²) in [5.41, 5.74) is 1.34. The minimum Gasteiger partial charge on any atom is -0.393 e. The maximum absolute atomic E-state index is 13.2. The van der Waals surface area contributed by atoms with Gasteiger partial charge in [0.1, 0.15) is 11.7 Å². The fourth-order valence-corrected chi connectivity index (χ4v) is 4.98. The molecule has 2 amide bonds. The van der Waals surface area contributed by atoms with Crippen LogP contribution in [0.15, 0.2) is 35.4 Å². The van der Waals surface area contributed by atoms with Gasteiger partial charge in [-0.2, -0.15) is 0 Å². The minimum atomic E-state index is -0.584. The van der Waals surface area contributed by atoms with Gasteiger partial charge in [-0.25, -0.2) is 9.50 Å². The Balaban J connectivity index is 1.45. The molecule has 0 radical (unpaired) electrons. The molecule has 0 bridgehead atoms. The number of amides is 2. The summed E-state index contributed by atoms with van der Waals surface area (Å²) >= 11 is 0. The molecule has 0 aromatic carbocycles. The number of aliphatic hydroxyl groups excluding tert-OH is 1. The van der Waals surface area contributed by atoms with E-state index in [0.717, 1.165) is 19.3 Å². The van der Waals surface area contributed by atoms with Crippen molar-refractivity contribution in [2.45, 2.75) is 50.3 Å². The quantitative estimate of drug-likeness (QED) is 0.399. The first-order chi connectivity index (χ1) is 17.4. The van der Waals surface area contributed by atoms with Crippen LogP contribution in [0.25, 0.3) is 5.65 Å². The Hall–Kier alpha value is -3.93. The van der Waals surface area contributed by atoms with Crippen LogP contribution in [-0.4, -0.2) is 73.8 Å². The van der Waals surface area contributed by atoms with E-state index in [1.165, 1.54) is 10.7 Å². The Morgan fingerprint density at radius 1 is 1.19 bits per heavy atom. The molecule has 4 N–H and O–H groups in total. The molecule has 4 heterocycles. The number of pyridine rings is 1. The second-order valence-corrected chi connectivity index (χ2v) is 9.38. The van der Waals surface area contributed by atoms with E-state index < -0.39 is 18.1 Å². The van der Waals surface area contributed by atoms with Crippen molar-refractivity contribution in [3.8, 4) is 0 Å². The highest BCUT2D eigenvalue weighted by Gasteiger charge is 2.31. The average molecular weight is 495 g/mol. The first-order valence-electron chi connectivity index (χ1n) is 12.1. The monoisotopic (exact) mass is 494 g/mol. The van der Waals surface area contributed by atoms with E-state index in [-0.39, 0.29) is 23.2 Å². The third kappa shape index (κ3) is 4.39. The van der Waals surface area contributed by atoms with Crippen LogP contribution in [0.2, 0.25) is 0 Å². The number of hydrogen-bond acceptors (Lipinski definition) is 8. The highest BCUT2D eigenvalue weighted by atomic mass is 16.3. The van der Waals surface area contributed by atoms with Crippen LogP contribution in [0.3, 0.4) is 0 Å². The van der Waals surface area contributed by atoms with Crippen molar-refractivity contribution in [2.24, 2.45) is 0 Å². The molecule has 2 fully saturated rings. The Labute approximate surface area is 207 Å². The first kappa shape index (κ1) is 23.8. The van der Waals surface area contributed by atoms with Crippen LogP contribution in [0.1, 0.15) is 48.6 Å². The SMILES string of the molecule is CNc1cc(Nc2cccn(C3CCCC(O)C3)c2=O)nn2c(C(=O)N[C@@H]3CCN(C)C3=O)cnc12. The molecule has 12 nitrogen and oxygen atoms in total. The molecule has 1 aliphatic carbocycles. The molecule has 2 unspecified atom stereocenters. The van der Waals surface area contributed by atoms with Crippen LogP contribution in [0, 0.1) is 0 Å². The van der Waals surface area contributed by atoms with Gasteiger partial charge in [-0.15, -0.1) is 5.10 Å². The van der Waals surface area contributed by atoms with Gasteiger partial charge in [-0.3, -0.25) is 14.4 Å². The third-order valence-corrected chi connectivity index (χ3v) is 6.95. The summed E-state index contributed by atoms with van der Waals surface area (Å²) in [4.78, 5) is 44.4. The summed E-state index contributed by atoms with van der Waals surface area (Å²) in [6.45, 7) is 0.585. The number of carbonyl (C=O) groups is 2. The topological polar surface area (TPSA) is 146 Å². The summed E-state index contributed by atoms with van der Waals surface area (Å²) < 4.78 is 3.06. The lowest BCUT2D eigenvalue weighted by atomic mass is 9.93. The van der Waals surface area contributed by atoms with Gasteiger partial charge in [0.25, 0.3) is 11.5 Å². The van der Waals surface area contributed by atoms with Gasteiger partial charge >= 0.3 is 0 Å². The maximum atomic E-state index is 13.2. The van der Waals surface area contributed by atoms with E-state index in [2.05, 4.69) is 26.0 Å². The number of imidazole rings is 1. The summed E-state index contributed by atoms with van der Waals surface area (Å²) in [5, 5.41) is 23.5. The van der Waals surface area contributed by atoms with Crippen molar-refractivity contribution in [3.63, 3.8) is 0 Å². The Kier molecular flexibility index (Phi) is 6.35. The average Bonchev–Trinajstić information content (AvgIpc) is 3.43. The number of aromatic nitrogens is 4. The number of rotatable bonds is 6. The molecule has 5 rings (SSSR count). The van der Waals surface area contributed by atoms with Gasteiger partial charge in [-0.1, -0.05) is 0 Å². The molecule has 1 saturated carbocycles. The first-order valence-corrected chi connectivity index (χ1v) is 12.1. The molecule has 3 aromatic heterocycles. The normalized spacial score (nSPS) is 22.1. The summed E-state index contributed by atoms with van der Waals surface area (Å²) in [5.74, 6) is -0.246. The number of aliphatic hydroxyl groups is 1. The van der Waals surface area contributed by atoms with Gasteiger partial charge in [0.15, 0.2) is 17.2 Å². The molecule has 36 heavy (non-hydrogen) atoms. The predicted octanol–water partition coefficient (Wildman–Crippen LogP) is 1.11. The highest BCUT2D eigenvalue weighted by Crippen LogP contribution is 2.28. The zero-order chi connectivity index (χ0) is 25.4. The zero-order valence-electron chi connectivity index (χ0n) is 20.3. The number of nitrogens with one attached hydrogen (secondary N) is 3. The number of hydrogen-bond donors (Lipinski definition) is 4. The largest absolute Gasteiger partial charge is 0.393 e. The van der Waals surface area contributed by atoms with E-state index in [1.807, 2.05) is 0 Å². The fraction of sp³-hybridized carbons (Fsp3) is 0.458. The van der Waals surface area contributed by atoms with Crippen LogP contribution in [-0.2, 0) is 4.79 Å². The van der Waals surface area contributed by atoms with Gasteiger partial charge in [-0.05, 0) is 44.2 Å². The lowest BCUT2D eigenvalue weighted by molar-refractivity contribution is -0.128. The van der Waals surface area contributed by atoms with Gasteiger partial charge in [0.05, 0.1) is 18.0 Å². The molecule has 1 aliphatic heterocycles. The Bertz CT molecular complexity index is 1370. The third-order valence-electron chi connectivity index (χ3n) is 6.95. The lowest BCUT2D eigenvalue weighted by Gasteiger charge is -2.27. The van der Waals surface area contributed by atoms with E-state index >= 15 is 0 Å². The maximum Gasteiger partial charge on any atom is 0.274 e. The van der Waals surface area contributed by atoms with Gasteiger partial charge < -0.3 is 30.5 Å². The van der Waals surface area contributed by atoms with Crippen molar-refractivity contribution < 1.29 is 14.7 Å². The van der Waals surface area contributed by atoms with Crippen LogP contribution in [0.4, 0.5) is 17.2 Å². The Morgan fingerprint density at radius 2 is 2.03 bits per heavy atom. The molecule has 3 atom stereocenters. The summed E-state index contributed by atoms with van der Waals surface area (Å²) in [6, 6.07) is 4.52. The van der Waals surface area contributed by atoms with Crippen molar-refractivity contribution in [3.05, 3.63) is 46.6 Å². The number of nitrogens with zero attached hydrogens (tertiary/aromatic N) is 5. The second-order valence-electron chi connectivity index (χ2n) is 9.38. The van der Waals surface area contributed by atoms with Crippen molar-refractivity contribution in [1.82, 2.24) is 29.4 Å². The van der Waals surface area contributed by atoms with E-state index in [0.29, 0.717) is 42.2 Å². The number of likely N-dealkylation sites (N-methyl/N-ethyl adjacent to an activating group) is 1. The van der Waals surface area contributed by atoms with Gasteiger partial charge in [0, 0.05) is 38.9 Å². The van der Waals surface area contributed by atoms with E-state index in [1.54, 1.807) is 48.0 Å². The molecule has 3 aromatic rings. The van der Waals surface area contributed by atoms with E-state index in [4.69, 9.17) is 0 Å². The lowest BCUT2D eigenvalue weighted by Crippen LogP contribution is -2.41. The van der Waals surface area contributed by atoms with Crippen molar-refractivity contribution >= 4 is 34.7 Å². The Morgan fingerprint density at radius 3 is 2.75 bits per heavy atom. The fourth-order valence-electron chi connectivity index (χ4n) is 4.98. The van der Waals surface area contributed by atoms with Crippen molar-refractivity contribution in [1.29, 1.82) is 0 Å². The number of fused-ring (bicyclic) bond motifs is 1. The van der Waals surface area contributed by atoms with Crippen molar-refractivity contribution in [2.75, 3.05) is 31.3 Å². The predicted molar refractivity (Wildman–Crippen MR) is 134 cm³/mol. The number of likely N-dealkylation sites (tertiary alicyclic amines) is 1. The molecule has 1 saturated heterocycles. The molecular formula is C24H30N8O4. The smallest absolute Gasteiger partial charge is 0.274 e. The molecule has 190 valence electrons. The molecule has 12 heteroatoms. The number of anilines is 3. The number of carbonyl (C=O) groups excluding carboxylic acids is 2. The van der Waals surface area contributed by atoms with Crippen LogP contribution < -0.4 is 21.5 Å². The zero-order valence-corrected chi connectivity index (χ0v) is 20.3. The summed E-state index contributed by atoms with van der Waals surface area (Å²) in [7, 11) is 3.43. The second kappa shape index (κ2) is 9.61. The minimum absolute atomic E-state index is 0.0624. The van der Waals surface area contributed by atoms with Crippen LogP contribution >= 0.6 is 0 Å². The van der Waals surface area contributed by atoms with Gasteiger partial charge in [0.2, 0.25) is 5.91 Å².